The van der Waals surface area contributed by atoms with E-state index >= 15 is 0 Å². The van der Waals surface area contributed by atoms with Gasteiger partial charge in [-0.15, -0.1) is 0 Å². The van der Waals surface area contributed by atoms with Gasteiger partial charge in [-0.05, 0) is 120 Å². The summed E-state index contributed by atoms with van der Waals surface area (Å²) < 4.78 is 46.2. The summed E-state index contributed by atoms with van der Waals surface area (Å²) in [5.41, 5.74) is 1.45. The van der Waals surface area contributed by atoms with Crippen molar-refractivity contribution in [1.82, 2.24) is 19.6 Å². The average molecular weight is 775 g/mol. The van der Waals surface area contributed by atoms with Crippen LogP contribution in [0, 0.1) is 11.6 Å². The van der Waals surface area contributed by atoms with Crippen LogP contribution < -0.4 is 4.74 Å². The molecular formula is C43H52F2N4O7. The summed E-state index contributed by atoms with van der Waals surface area (Å²) in [6.07, 6.45) is 0.774. The Bertz CT molecular complexity index is 1930. The molecular weight excluding hydrogens is 722 g/mol. The summed E-state index contributed by atoms with van der Waals surface area (Å²) in [6.45, 7) is 13.8. The van der Waals surface area contributed by atoms with Crippen LogP contribution in [0.4, 0.5) is 18.4 Å². The summed E-state index contributed by atoms with van der Waals surface area (Å²) in [5.74, 6) is -0.924. The highest BCUT2D eigenvalue weighted by molar-refractivity contribution is 5.97. The zero-order valence-corrected chi connectivity index (χ0v) is 33.1. The monoisotopic (exact) mass is 774 g/mol. The lowest BCUT2D eigenvalue weighted by atomic mass is 9.88. The van der Waals surface area contributed by atoms with E-state index in [1.807, 2.05) is 41.5 Å². The summed E-state index contributed by atoms with van der Waals surface area (Å²) in [4.78, 5) is 59.3. The van der Waals surface area contributed by atoms with Crippen molar-refractivity contribution in [2.45, 2.75) is 84.0 Å². The maximum atomic E-state index is 14.9. The molecule has 56 heavy (non-hydrogen) atoms. The molecule has 1 atom stereocenters. The number of piperazine rings is 1. The zero-order chi connectivity index (χ0) is 40.4. The van der Waals surface area contributed by atoms with Crippen LogP contribution in [0.2, 0.25) is 0 Å². The van der Waals surface area contributed by atoms with Crippen LogP contribution >= 0.6 is 0 Å². The maximum Gasteiger partial charge on any atom is 0.410 e. The molecule has 0 spiro atoms. The van der Waals surface area contributed by atoms with Crippen molar-refractivity contribution in [3.05, 3.63) is 89.0 Å². The summed E-state index contributed by atoms with van der Waals surface area (Å²) in [7, 11) is 0. The maximum absolute atomic E-state index is 14.9. The van der Waals surface area contributed by atoms with Crippen LogP contribution in [0.5, 0.6) is 5.75 Å². The van der Waals surface area contributed by atoms with E-state index in [1.165, 1.54) is 24.3 Å². The van der Waals surface area contributed by atoms with Crippen LogP contribution in [0.1, 0.15) is 93.0 Å². The highest BCUT2D eigenvalue weighted by Crippen LogP contribution is 2.35. The number of ether oxygens (including phenoxy) is 3. The third kappa shape index (κ3) is 10.2. The lowest BCUT2D eigenvalue weighted by Gasteiger charge is -2.35. The molecule has 13 heteroatoms. The van der Waals surface area contributed by atoms with E-state index in [4.69, 9.17) is 14.2 Å². The molecule has 4 amide bonds. The van der Waals surface area contributed by atoms with Crippen molar-refractivity contribution < 1.29 is 42.2 Å². The van der Waals surface area contributed by atoms with E-state index < -0.39 is 28.9 Å². The second-order valence-electron chi connectivity index (χ2n) is 16.8. The van der Waals surface area contributed by atoms with E-state index in [0.29, 0.717) is 67.9 Å². The smallest absolute Gasteiger partial charge is 0.410 e. The van der Waals surface area contributed by atoms with Crippen LogP contribution in [-0.4, -0.2) is 113 Å². The van der Waals surface area contributed by atoms with Crippen LogP contribution in [0.25, 0.3) is 11.1 Å². The molecule has 0 N–H and O–H groups in total. The quantitative estimate of drug-likeness (QED) is 0.252. The number of carbonyl (C=O) groups excluding carboxylic acids is 4. The number of halogens is 2. The molecule has 0 aliphatic carbocycles. The first-order valence-corrected chi connectivity index (χ1v) is 19.3. The van der Waals surface area contributed by atoms with E-state index in [0.717, 1.165) is 5.56 Å². The Balaban J connectivity index is 1.09. The van der Waals surface area contributed by atoms with Crippen molar-refractivity contribution in [2.75, 3.05) is 52.4 Å². The van der Waals surface area contributed by atoms with Gasteiger partial charge in [0, 0.05) is 68.9 Å². The SMILES string of the molecule is CC(C)(C)OC(=O)N1CCC(c2cc(F)cc(C(=O)N3CCN(C(=O)c4ccc(O[C@H]5CCN(C(=O)OC(C)(C)C)C5)c(-c5ccc(F)cc5)c4)CC3)c2)CC1. The Morgan fingerprint density at radius 1 is 0.589 bits per heavy atom. The van der Waals surface area contributed by atoms with Gasteiger partial charge < -0.3 is 33.8 Å². The topological polar surface area (TPSA) is 109 Å². The third-order valence-electron chi connectivity index (χ3n) is 10.1. The molecule has 11 nitrogen and oxygen atoms in total. The number of rotatable bonds is 6. The van der Waals surface area contributed by atoms with Gasteiger partial charge in [-0.25, -0.2) is 18.4 Å². The largest absolute Gasteiger partial charge is 0.488 e. The molecule has 3 saturated heterocycles. The first kappa shape index (κ1) is 40.5. The number of benzene rings is 3. The Labute approximate surface area is 327 Å². The van der Waals surface area contributed by atoms with Gasteiger partial charge in [-0.2, -0.15) is 0 Å². The van der Waals surface area contributed by atoms with Gasteiger partial charge in [0.1, 0.15) is 34.7 Å². The Kier molecular flexibility index (Phi) is 11.9. The Morgan fingerprint density at radius 2 is 1.14 bits per heavy atom. The van der Waals surface area contributed by atoms with E-state index in [2.05, 4.69) is 0 Å². The van der Waals surface area contributed by atoms with Crippen molar-refractivity contribution >= 4 is 24.0 Å². The molecule has 3 aromatic carbocycles. The molecule has 6 rings (SSSR count). The van der Waals surface area contributed by atoms with Gasteiger partial charge in [0.25, 0.3) is 11.8 Å². The minimum absolute atomic E-state index is 0.00733. The second kappa shape index (κ2) is 16.5. The van der Waals surface area contributed by atoms with Crippen molar-refractivity contribution in [3.63, 3.8) is 0 Å². The van der Waals surface area contributed by atoms with Crippen molar-refractivity contribution in [3.8, 4) is 16.9 Å². The summed E-state index contributed by atoms with van der Waals surface area (Å²) in [5, 5.41) is 0. The van der Waals surface area contributed by atoms with E-state index in [1.54, 1.807) is 56.0 Å². The predicted molar refractivity (Wildman–Crippen MR) is 207 cm³/mol. The van der Waals surface area contributed by atoms with Gasteiger partial charge in [-0.3, -0.25) is 9.59 Å². The third-order valence-corrected chi connectivity index (χ3v) is 10.1. The summed E-state index contributed by atoms with van der Waals surface area (Å²) >= 11 is 0. The van der Waals surface area contributed by atoms with Gasteiger partial charge in [0.15, 0.2) is 0 Å². The number of hydrogen-bond acceptors (Lipinski definition) is 7. The van der Waals surface area contributed by atoms with Gasteiger partial charge in [0.2, 0.25) is 0 Å². The average Bonchev–Trinajstić information content (AvgIpc) is 3.62. The number of likely N-dealkylation sites (tertiary alicyclic amines) is 2. The fraction of sp³-hybridized carbons (Fsp3) is 0.488. The van der Waals surface area contributed by atoms with Gasteiger partial charge in [0.05, 0.1) is 6.54 Å². The van der Waals surface area contributed by atoms with Crippen LogP contribution in [0.3, 0.4) is 0 Å². The van der Waals surface area contributed by atoms with E-state index in [9.17, 15) is 28.0 Å². The van der Waals surface area contributed by atoms with Gasteiger partial charge in [-0.1, -0.05) is 12.1 Å². The molecule has 3 aliphatic rings. The number of hydrogen-bond donors (Lipinski definition) is 0. The minimum Gasteiger partial charge on any atom is -0.488 e. The predicted octanol–water partition coefficient (Wildman–Crippen LogP) is 7.73. The normalized spacial score (nSPS) is 18.2. The molecule has 3 aromatic rings. The highest BCUT2D eigenvalue weighted by Gasteiger charge is 2.33. The molecule has 0 bridgehead atoms. The molecule has 3 heterocycles. The van der Waals surface area contributed by atoms with Crippen molar-refractivity contribution in [2.24, 2.45) is 0 Å². The van der Waals surface area contributed by atoms with Gasteiger partial charge >= 0.3 is 12.2 Å². The molecule has 0 saturated carbocycles. The zero-order valence-electron chi connectivity index (χ0n) is 33.1. The molecule has 0 unspecified atom stereocenters. The standard InChI is InChI=1S/C43H52F2N4O7/c1-42(2,3)55-40(52)48-16-13-28(14-17-48)31-23-32(25-34(45)24-31)39(51)47-21-19-46(20-22-47)38(50)30-9-12-37(36(26-30)29-7-10-33(44)11-8-29)54-35-15-18-49(27-35)41(53)56-43(4,5)6/h7-12,23-26,28,35H,13-22,27H2,1-6H3/t35-/m0/s1. The second-order valence-corrected chi connectivity index (χ2v) is 16.8. The van der Waals surface area contributed by atoms with Crippen LogP contribution in [-0.2, 0) is 9.47 Å². The minimum atomic E-state index is -0.618. The summed E-state index contributed by atoms with van der Waals surface area (Å²) in [6, 6.07) is 15.6. The number of amides is 4. The number of piperidine rings is 1. The lowest BCUT2D eigenvalue weighted by molar-refractivity contribution is 0.0203. The highest BCUT2D eigenvalue weighted by atomic mass is 19.1. The first-order chi connectivity index (χ1) is 26.4. The number of carbonyl (C=O) groups is 4. The molecule has 0 radical (unpaired) electrons. The fourth-order valence-corrected chi connectivity index (χ4v) is 7.29. The molecule has 3 fully saturated rings. The Morgan fingerprint density at radius 3 is 1.73 bits per heavy atom. The number of nitrogens with zero attached hydrogens (tertiary/aromatic N) is 4. The molecule has 3 aliphatic heterocycles. The first-order valence-electron chi connectivity index (χ1n) is 19.3. The van der Waals surface area contributed by atoms with Crippen molar-refractivity contribution in [1.29, 1.82) is 0 Å². The van der Waals surface area contributed by atoms with E-state index in [-0.39, 0.29) is 61.7 Å². The fourth-order valence-electron chi connectivity index (χ4n) is 7.29. The Hall–Kier alpha value is -5.20. The van der Waals surface area contributed by atoms with Crippen LogP contribution in [0.15, 0.2) is 60.7 Å². The molecule has 0 aromatic heterocycles. The molecule has 300 valence electrons. The lowest BCUT2D eigenvalue weighted by Crippen LogP contribution is -2.50.